The summed E-state index contributed by atoms with van der Waals surface area (Å²) in [5.74, 6) is 0. The smallest absolute Gasteiger partial charge is 0.146 e. The van der Waals surface area contributed by atoms with Gasteiger partial charge in [0.1, 0.15) is 0 Å². The number of hydrogen-bond acceptors (Lipinski definition) is 0. The Morgan fingerprint density at radius 1 is 1.00 bits per heavy atom. The van der Waals surface area contributed by atoms with Gasteiger partial charge in [0.25, 0.3) is 6.69 Å². The quantitative estimate of drug-likeness (QED) is 0.462. The van der Waals surface area contributed by atoms with Crippen molar-refractivity contribution >= 4 is 28.9 Å². The van der Waals surface area contributed by atoms with E-state index in [1.165, 1.54) is 0 Å². The zero-order valence-electron chi connectivity index (χ0n) is 6.08. The number of hydrogen-bond donors (Lipinski definition) is 0. The second kappa shape index (κ2) is 4.59. The average Bonchev–Trinajstić information content (AvgIpc) is 1.64. The van der Waals surface area contributed by atoms with E-state index in [1.54, 1.807) is 0 Å². The second-order valence-corrected chi connectivity index (χ2v) is 9.99. The van der Waals surface area contributed by atoms with E-state index < -0.39 is 6.69 Å². The predicted molar refractivity (Wildman–Crippen MR) is 47.7 cm³/mol. The van der Waals surface area contributed by atoms with Crippen molar-refractivity contribution in [2.75, 3.05) is 0 Å². The van der Waals surface area contributed by atoms with Gasteiger partial charge >= 0.3 is 0 Å². The molecule has 0 bridgehead atoms. The van der Waals surface area contributed by atoms with E-state index in [-0.39, 0.29) is 0 Å². The van der Waals surface area contributed by atoms with Gasteiger partial charge in [0.2, 0.25) is 0 Å². The van der Waals surface area contributed by atoms with Crippen molar-refractivity contribution in [3.05, 3.63) is 0 Å². The molecule has 3 heteroatoms. The second-order valence-electron chi connectivity index (χ2n) is 2.36. The molecule has 0 saturated heterocycles. The Labute approximate surface area is 68.0 Å². The van der Waals surface area contributed by atoms with Gasteiger partial charge in [-0.15, -0.1) is 22.2 Å². The van der Waals surface area contributed by atoms with E-state index in [0.717, 1.165) is 24.9 Å². The molecule has 56 valence electrons. The van der Waals surface area contributed by atoms with Crippen molar-refractivity contribution < 1.29 is 0 Å². The standard InChI is InChI=1S/C6H14Cl2Si/c1-3-5-9(7,8)6-4-2/h3-6H2,1-2H3. The van der Waals surface area contributed by atoms with E-state index >= 15 is 0 Å². The van der Waals surface area contributed by atoms with Crippen LogP contribution in [-0.4, -0.2) is 6.69 Å². The first-order chi connectivity index (χ1) is 4.12. The fourth-order valence-electron chi connectivity index (χ4n) is 0.857. The maximum absolute atomic E-state index is 6.04. The van der Waals surface area contributed by atoms with E-state index in [2.05, 4.69) is 13.8 Å². The summed E-state index contributed by atoms with van der Waals surface area (Å²) in [5, 5.41) is 0. The highest BCUT2D eigenvalue weighted by molar-refractivity contribution is 7.45. The molecule has 0 saturated carbocycles. The summed E-state index contributed by atoms with van der Waals surface area (Å²) in [7, 11) is 0. The molecule has 0 heterocycles. The Morgan fingerprint density at radius 2 is 1.33 bits per heavy atom. The van der Waals surface area contributed by atoms with E-state index in [1.807, 2.05) is 0 Å². The molecule has 0 unspecified atom stereocenters. The molecule has 0 nitrogen and oxygen atoms in total. The van der Waals surface area contributed by atoms with Gasteiger partial charge in [-0.25, -0.2) is 0 Å². The Morgan fingerprint density at radius 3 is 1.56 bits per heavy atom. The predicted octanol–water partition coefficient (Wildman–Crippen LogP) is 3.73. The van der Waals surface area contributed by atoms with Crippen LogP contribution in [0.1, 0.15) is 26.7 Å². The van der Waals surface area contributed by atoms with Crippen LogP contribution in [-0.2, 0) is 0 Å². The first-order valence-corrected chi connectivity index (χ1v) is 7.94. The summed E-state index contributed by atoms with van der Waals surface area (Å²) >= 11 is 12.1. The molecule has 0 atom stereocenters. The maximum atomic E-state index is 6.04. The molecule has 0 aliphatic heterocycles. The lowest BCUT2D eigenvalue weighted by molar-refractivity contribution is 1.01. The highest BCUT2D eigenvalue weighted by atomic mass is 35.7. The van der Waals surface area contributed by atoms with Crippen molar-refractivity contribution in [2.24, 2.45) is 0 Å². The van der Waals surface area contributed by atoms with Crippen LogP contribution in [0.4, 0.5) is 0 Å². The lowest BCUT2D eigenvalue weighted by Gasteiger charge is -2.12. The largest absolute Gasteiger partial charge is 0.251 e. The van der Waals surface area contributed by atoms with E-state index in [0.29, 0.717) is 0 Å². The van der Waals surface area contributed by atoms with E-state index in [9.17, 15) is 0 Å². The minimum atomic E-state index is -1.76. The maximum Gasteiger partial charge on any atom is 0.251 e. The van der Waals surface area contributed by atoms with Gasteiger partial charge in [0.05, 0.1) is 0 Å². The van der Waals surface area contributed by atoms with Crippen molar-refractivity contribution in [1.29, 1.82) is 0 Å². The monoisotopic (exact) mass is 184 g/mol. The van der Waals surface area contributed by atoms with Gasteiger partial charge in [-0.05, 0) is 12.1 Å². The molecule has 0 fully saturated rings. The molecule has 0 aliphatic carbocycles. The van der Waals surface area contributed by atoms with Crippen LogP contribution in [0.25, 0.3) is 0 Å². The summed E-state index contributed by atoms with van der Waals surface area (Å²) in [6, 6.07) is 2.09. The van der Waals surface area contributed by atoms with Gasteiger partial charge in [-0.1, -0.05) is 26.7 Å². The summed E-state index contributed by atoms with van der Waals surface area (Å²) in [5.41, 5.74) is 0. The Bertz CT molecular complexity index is 65.5. The lowest BCUT2D eigenvalue weighted by atomic mass is 10.6. The number of rotatable bonds is 4. The molecule has 9 heavy (non-hydrogen) atoms. The first-order valence-electron chi connectivity index (χ1n) is 3.50. The third-order valence-corrected chi connectivity index (χ3v) is 5.96. The van der Waals surface area contributed by atoms with Crippen LogP contribution in [0, 0.1) is 0 Å². The lowest BCUT2D eigenvalue weighted by Crippen LogP contribution is -2.16. The Hall–Kier alpha value is 0.797. The van der Waals surface area contributed by atoms with Crippen LogP contribution < -0.4 is 0 Å². The zero-order chi connectivity index (χ0) is 7.33. The molecule has 0 aromatic rings. The third-order valence-electron chi connectivity index (χ3n) is 1.23. The topological polar surface area (TPSA) is 0 Å². The zero-order valence-corrected chi connectivity index (χ0v) is 8.60. The molecule has 0 spiro atoms. The molecule has 0 radical (unpaired) electrons. The van der Waals surface area contributed by atoms with Crippen molar-refractivity contribution in [2.45, 2.75) is 38.8 Å². The first kappa shape index (κ1) is 9.80. The van der Waals surface area contributed by atoms with Crippen LogP contribution in [0.5, 0.6) is 0 Å². The summed E-state index contributed by atoms with van der Waals surface area (Å²) in [6.07, 6.45) is 2.25. The van der Waals surface area contributed by atoms with Gasteiger partial charge in [0, 0.05) is 0 Å². The highest BCUT2D eigenvalue weighted by Crippen LogP contribution is 2.27. The summed E-state index contributed by atoms with van der Waals surface area (Å²) in [6.45, 7) is 2.50. The molecule has 0 N–H and O–H groups in total. The molecule has 0 amide bonds. The molecule has 0 aromatic heterocycles. The van der Waals surface area contributed by atoms with Crippen LogP contribution in [0.3, 0.4) is 0 Å². The normalized spacial score (nSPS) is 12.0. The average molecular weight is 185 g/mol. The van der Waals surface area contributed by atoms with Gasteiger partial charge in [-0.2, -0.15) is 0 Å². The van der Waals surface area contributed by atoms with Crippen LogP contribution in [0.15, 0.2) is 0 Å². The van der Waals surface area contributed by atoms with E-state index in [4.69, 9.17) is 22.2 Å². The molecule has 0 rings (SSSR count). The third kappa shape index (κ3) is 5.25. The van der Waals surface area contributed by atoms with Crippen LogP contribution in [0.2, 0.25) is 12.1 Å². The van der Waals surface area contributed by atoms with Crippen molar-refractivity contribution in [1.82, 2.24) is 0 Å². The van der Waals surface area contributed by atoms with Crippen LogP contribution >= 0.6 is 22.2 Å². The minimum Gasteiger partial charge on any atom is -0.146 e. The molecule has 0 aromatic carbocycles. The highest BCUT2D eigenvalue weighted by Gasteiger charge is 2.24. The number of halogens is 2. The summed E-state index contributed by atoms with van der Waals surface area (Å²) in [4.78, 5) is 0. The molecule has 0 aliphatic rings. The van der Waals surface area contributed by atoms with Gasteiger partial charge in [-0.3, -0.25) is 0 Å². The van der Waals surface area contributed by atoms with Crippen molar-refractivity contribution in [3.63, 3.8) is 0 Å². The van der Waals surface area contributed by atoms with Gasteiger partial charge in [0.15, 0.2) is 0 Å². The Kier molecular flexibility index (Phi) is 4.99. The Balaban J connectivity index is 3.43. The summed E-state index contributed by atoms with van der Waals surface area (Å²) < 4.78 is 0. The van der Waals surface area contributed by atoms with Crippen molar-refractivity contribution in [3.8, 4) is 0 Å². The van der Waals surface area contributed by atoms with Gasteiger partial charge < -0.3 is 0 Å². The fourth-order valence-corrected chi connectivity index (χ4v) is 4.84. The molecular formula is C6H14Cl2Si. The molecular weight excluding hydrogens is 171 g/mol. The SMILES string of the molecule is CCC[Si](Cl)(Cl)CCC. The minimum absolute atomic E-state index is 1.05. The fraction of sp³-hybridized carbons (Fsp3) is 1.00.